The molecule has 0 spiro atoms. The van der Waals surface area contributed by atoms with Gasteiger partial charge in [0.2, 0.25) is 0 Å². The summed E-state index contributed by atoms with van der Waals surface area (Å²) < 4.78 is 5.69. The Labute approximate surface area is 117 Å². The van der Waals surface area contributed by atoms with E-state index in [2.05, 4.69) is 24.0 Å². The number of aromatic nitrogens is 2. The Morgan fingerprint density at radius 3 is 2.12 bits per heavy atom. The average Bonchev–Trinajstić information content (AvgIpc) is 2.63. The standard InChI is InChI=1S/C11H21AsN2O2.ClH/c1-6(2)7(12)8(15)9-13-14-10(16-9)11(3,4)5;/h6-8,15H,12H2,1-5H3;1H. The fourth-order valence-corrected chi connectivity index (χ4v) is 1.53. The second-order valence-corrected chi connectivity index (χ2v) is 7.08. The Morgan fingerprint density at radius 2 is 1.76 bits per heavy atom. The number of aliphatic hydroxyl groups is 1. The van der Waals surface area contributed by atoms with Crippen LogP contribution in [0, 0.1) is 5.92 Å². The molecular weight excluding hydrogens is 303 g/mol. The van der Waals surface area contributed by atoms with Crippen LogP contribution in [0.2, 0.25) is 4.71 Å². The SMILES string of the molecule is CC(C)C([AsH2])C(O)c1nnc(C(C)(C)C)o1.Cl. The molecule has 0 aliphatic rings. The topological polar surface area (TPSA) is 59.2 Å². The molecule has 1 aromatic heterocycles. The average molecular weight is 325 g/mol. The van der Waals surface area contributed by atoms with Gasteiger partial charge in [-0.05, 0) is 0 Å². The van der Waals surface area contributed by atoms with Gasteiger partial charge in [-0.15, -0.1) is 12.4 Å². The minimum Gasteiger partial charge on any atom is -0.147 e. The number of nitrogens with zero attached hydrogens (tertiary/aromatic N) is 2. The van der Waals surface area contributed by atoms with Gasteiger partial charge in [-0.25, -0.2) is 0 Å². The van der Waals surface area contributed by atoms with Crippen molar-refractivity contribution in [1.29, 1.82) is 0 Å². The van der Waals surface area contributed by atoms with Crippen LogP contribution in [-0.4, -0.2) is 32.2 Å². The van der Waals surface area contributed by atoms with E-state index >= 15 is 0 Å². The van der Waals surface area contributed by atoms with Crippen molar-refractivity contribution >= 4 is 29.3 Å². The Hall–Kier alpha value is -0.0516. The van der Waals surface area contributed by atoms with Crippen LogP contribution in [0.1, 0.15) is 52.5 Å². The quantitative estimate of drug-likeness (QED) is 0.863. The van der Waals surface area contributed by atoms with Gasteiger partial charge in [0.05, 0.1) is 0 Å². The number of halogens is 1. The van der Waals surface area contributed by atoms with Crippen molar-refractivity contribution < 1.29 is 9.52 Å². The molecule has 100 valence electrons. The smallest absolute Gasteiger partial charge is 0.147 e. The largest absolute Gasteiger partial charge is 0.147 e. The molecule has 3 unspecified atom stereocenters. The van der Waals surface area contributed by atoms with E-state index in [1.54, 1.807) is 0 Å². The summed E-state index contributed by atoms with van der Waals surface area (Å²) in [7, 11) is 0. The van der Waals surface area contributed by atoms with Crippen LogP contribution < -0.4 is 0 Å². The monoisotopic (exact) mass is 324 g/mol. The van der Waals surface area contributed by atoms with Crippen molar-refractivity contribution in [3.63, 3.8) is 0 Å². The van der Waals surface area contributed by atoms with Gasteiger partial charge in [0.15, 0.2) is 0 Å². The van der Waals surface area contributed by atoms with Gasteiger partial charge in [0.25, 0.3) is 0 Å². The van der Waals surface area contributed by atoms with E-state index in [0.717, 1.165) is 0 Å². The van der Waals surface area contributed by atoms with Gasteiger partial charge in [0, 0.05) is 0 Å². The van der Waals surface area contributed by atoms with Gasteiger partial charge in [-0.1, -0.05) is 0 Å². The van der Waals surface area contributed by atoms with Crippen molar-refractivity contribution in [2.75, 3.05) is 0 Å². The summed E-state index contributed by atoms with van der Waals surface area (Å²) in [5.41, 5.74) is -0.169. The van der Waals surface area contributed by atoms with Crippen LogP contribution in [0.15, 0.2) is 4.42 Å². The molecule has 3 atom stereocenters. The van der Waals surface area contributed by atoms with Crippen molar-refractivity contribution in [3.8, 4) is 0 Å². The summed E-state index contributed by atoms with van der Waals surface area (Å²) in [4.78, 5) is 0. The predicted octanol–water partition coefficient (Wildman–Crippen LogP) is 1.90. The first-order valence-corrected chi connectivity index (χ1v) is 6.91. The molecule has 0 bridgehead atoms. The Balaban J connectivity index is 0.00000256. The van der Waals surface area contributed by atoms with Crippen molar-refractivity contribution in [2.24, 2.45) is 5.92 Å². The molecule has 0 fully saturated rings. The maximum Gasteiger partial charge on any atom is -0.147 e. The molecular formula is C11H22AsClN2O2. The maximum absolute atomic E-state index is 10.1. The first-order chi connectivity index (χ1) is 7.23. The zero-order chi connectivity index (χ0) is 12.5. The molecule has 0 saturated carbocycles. The Bertz CT molecular complexity index is 349. The van der Waals surface area contributed by atoms with E-state index in [1.165, 1.54) is 16.9 Å². The summed E-state index contributed by atoms with van der Waals surface area (Å²) >= 11 is 1.50. The predicted molar refractivity (Wildman–Crippen MR) is 72.3 cm³/mol. The van der Waals surface area contributed by atoms with Crippen molar-refractivity contribution in [2.45, 2.75) is 50.8 Å². The number of aliphatic hydroxyl groups excluding tert-OH is 1. The second-order valence-electron chi connectivity index (χ2n) is 5.46. The maximum atomic E-state index is 10.1. The normalized spacial score (nSPS) is 15.5. The molecule has 1 aromatic rings. The molecule has 1 N–H and O–H groups in total. The summed E-state index contributed by atoms with van der Waals surface area (Å²) in [6.07, 6.45) is -0.649. The van der Waals surface area contributed by atoms with E-state index in [4.69, 9.17) is 4.42 Å². The molecule has 17 heavy (non-hydrogen) atoms. The number of hydrogen-bond acceptors (Lipinski definition) is 4. The zero-order valence-electron chi connectivity index (χ0n) is 11.0. The Morgan fingerprint density at radius 1 is 1.24 bits per heavy atom. The van der Waals surface area contributed by atoms with Gasteiger partial charge in [-0.2, -0.15) is 0 Å². The van der Waals surface area contributed by atoms with Gasteiger partial charge < -0.3 is 0 Å². The van der Waals surface area contributed by atoms with Crippen LogP contribution in [0.3, 0.4) is 0 Å². The molecule has 0 aliphatic carbocycles. The fourth-order valence-electron chi connectivity index (χ4n) is 1.19. The van der Waals surface area contributed by atoms with Crippen molar-refractivity contribution in [3.05, 3.63) is 11.8 Å². The summed E-state index contributed by atoms with van der Waals surface area (Å²) in [5.74, 6) is 1.32. The van der Waals surface area contributed by atoms with Crippen LogP contribution in [0.5, 0.6) is 0 Å². The summed E-state index contributed by atoms with van der Waals surface area (Å²) in [5, 5.41) is 18.0. The van der Waals surface area contributed by atoms with E-state index in [-0.39, 0.29) is 22.5 Å². The van der Waals surface area contributed by atoms with Gasteiger partial charge >= 0.3 is 105 Å². The van der Waals surface area contributed by atoms with Gasteiger partial charge in [-0.3, -0.25) is 0 Å². The molecule has 6 heteroatoms. The Kier molecular flexibility index (Phi) is 6.19. The fraction of sp³-hybridized carbons (Fsp3) is 0.818. The molecule has 1 rings (SSSR count). The molecule has 0 amide bonds. The minimum absolute atomic E-state index is 0. The van der Waals surface area contributed by atoms with Crippen LogP contribution in [-0.2, 0) is 5.41 Å². The minimum atomic E-state index is -0.649. The second kappa shape index (κ2) is 6.21. The molecule has 1 heterocycles. The zero-order valence-corrected chi connectivity index (χ0v) is 14.2. The van der Waals surface area contributed by atoms with Crippen LogP contribution in [0.25, 0.3) is 0 Å². The third-order valence-electron chi connectivity index (χ3n) is 2.47. The first-order valence-electron chi connectivity index (χ1n) is 5.51. The molecule has 4 nitrogen and oxygen atoms in total. The summed E-state index contributed by atoms with van der Waals surface area (Å²) in [6, 6.07) is 0. The van der Waals surface area contributed by atoms with Crippen molar-refractivity contribution in [1.82, 2.24) is 10.2 Å². The molecule has 0 aromatic carbocycles. The van der Waals surface area contributed by atoms with E-state index < -0.39 is 6.10 Å². The molecule has 0 aliphatic heterocycles. The first kappa shape index (κ1) is 16.9. The van der Waals surface area contributed by atoms with E-state index in [9.17, 15) is 5.11 Å². The third kappa shape index (κ3) is 4.27. The molecule has 0 saturated heterocycles. The summed E-state index contributed by atoms with van der Waals surface area (Å²) in [6.45, 7) is 10.2. The molecule has 0 radical (unpaired) electrons. The number of rotatable bonds is 3. The van der Waals surface area contributed by atoms with Crippen LogP contribution in [0.4, 0.5) is 0 Å². The van der Waals surface area contributed by atoms with Crippen LogP contribution >= 0.6 is 12.4 Å². The number of hydrogen-bond donors (Lipinski definition) is 1. The van der Waals surface area contributed by atoms with Gasteiger partial charge in [0.1, 0.15) is 0 Å². The van der Waals surface area contributed by atoms with E-state index in [1.807, 2.05) is 20.8 Å². The third-order valence-corrected chi connectivity index (χ3v) is 4.85. The van der Waals surface area contributed by atoms with E-state index in [0.29, 0.717) is 17.7 Å².